The Morgan fingerprint density at radius 3 is 2.00 bits per heavy atom. The van der Waals surface area contributed by atoms with Crippen molar-refractivity contribution < 1.29 is 4.92 Å². The highest BCUT2D eigenvalue weighted by atomic mass is 16.6. The largest absolute Gasteiger partial charge is 0.304 e. The molecular weight excluding hydrogens is 360 g/mol. The van der Waals surface area contributed by atoms with Gasteiger partial charge in [-0.3, -0.25) is 10.1 Å². The van der Waals surface area contributed by atoms with Gasteiger partial charge >= 0.3 is 0 Å². The molecule has 29 heavy (non-hydrogen) atoms. The van der Waals surface area contributed by atoms with E-state index in [1.807, 2.05) is 89.9 Å². The maximum absolute atomic E-state index is 12.2. The van der Waals surface area contributed by atoms with Crippen LogP contribution in [0.3, 0.4) is 0 Å². The van der Waals surface area contributed by atoms with Gasteiger partial charge in [0.05, 0.1) is 4.92 Å². The molecule has 5 rings (SSSR count). The Labute approximate surface area is 168 Å². The summed E-state index contributed by atoms with van der Waals surface area (Å²) < 4.78 is 0. The molecule has 0 heterocycles. The third kappa shape index (κ3) is 2.86. The van der Waals surface area contributed by atoms with Crippen LogP contribution >= 0.6 is 0 Å². The van der Waals surface area contributed by atoms with Crippen LogP contribution in [-0.2, 0) is 0 Å². The number of rotatable bonds is 4. The zero-order valence-electron chi connectivity index (χ0n) is 15.6. The SMILES string of the molecule is O=[N+]([O-])C1=C(N(c2ccccc2)c2ccccc2)C2=CC=CC3=CC=CC(=C1)C32. The van der Waals surface area contributed by atoms with E-state index >= 15 is 0 Å². The van der Waals surface area contributed by atoms with E-state index in [0.29, 0.717) is 5.70 Å². The van der Waals surface area contributed by atoms with E-state index in [1.54, 1.807) is 6.08 Å². The first-order valence-corrected chi connectivity index (χ1v) is 9.51. The van der Waals surface area contributed by atoms with Gasteiger partial charge in [0.15, 0.2) is 0 Å². The summed E-state index contributed by atoms with van der Waals surface area (Å²) >= 11 is 0. The Hall–Kier alpha value is -3.92. The molecule has 0 saturated heterocycles. The van der Waals surface area contributed by atoms with Crippen molar-refractivity contribution in [2.45, 2.75) is 0 Å². The number of hydrogen-bond acceptors (Lipinski definition) is 3. The third-order valence-corrected chi connectivity index (χ3v) is 5.39. The van der Waals surface area contributed by atoms with Crippen molar-refractivity contribution in [3.63, 3.8) is 0 Å². The molecule has 3 aliphatic rings. The lowest BCUT2D eigenvalue weighted by Crippen LogP contribution is -2.30. The average Bonchev–Trinajstić information content (AvgIpc) is 2.77. The first-order chi connectivity index (χ1) is 14.2. The molecule has 0 aliphatic heterocycles. The molecule has 140 valence electrons. The Morgan fingerprint density at radius 1 is 0.793 bits per heavy atom. The van der Waals surface area contributed by atoms with Crippen LogP contribution in [0.1, 0.15) is 0 Å². The van der Waals surface area contributed by atoms with Crippen LogP contribution in [0.25, 0.3) is 0 Å². The van der Waals surface area contributed by atoms with Crippen LogP contribution in [0.4, 0.5) is 11.4 Å². The molecular formula is C25H18N2O2. The van der Waals surface area contributed by atoms with Gasteiger partial charge < -0.3 is 4.90 Å². The first kappa shape index (κ1) is 17.2. The summed E-state index contributed by atoms with van der Waals surface area (Å²) in [6.45, 7) is 0. The van der Waals surface area contributed by atoms with Crippen molar-refractivity contribution in [3.8, 4) is 0 Å². The van der Waals surface area contributed by atoms with Crippen LogP contribution in [0.5, 0.6) is 0 Å². The van der Waals surface area contributed by atoms with Gasteiger partial charge in [-0.15, -0.1) is 0 Å². The minimum atomic E-state index is -0.275. The number of benzene rings is 2. The van der Waals surface area contributed by atoms with Crippen LogP contribution in [0.2, 0.25) is 0 Å². The van der Waals surface area contributed by atoms with E-state index in [4.69, 9.17) is 0 Å². The van der Waals surface area contributed by atoms with Gasteiger partial charge in [0, 0.05) is 23.4 Å². The fourth-order valence-corrected chi connectivity index (χ4v) is 4.19. The van der Waals surface area contributed by atoms with Crippen molar-refractivity contribution in [1.29, 1.82) is 0 Å². The molecule has 2 aromatic carbocycles. The zero-order chi connectivity index (χ0) is 19.8. The lowest BCUT2D eigenvalue weighted by atomic mass is 9.74. The van der Waals surface area contributed by atoms with Gasteiger partial charge in [0.2, 0.25) is 0 Å². The molecule has 0 bridgehead atoms. The Morgan fingerprint density at radius 2 is 1.38 bits per heavy atom. The highest BCUT2D eigenvalue weighted by molar-refractivity contribution is 5.76. The zero-order valence-corrected chi connectivity index (χ0v) is 15.6. The molecule has 1 atom stereocenters. The lowest BCUT2D eigenvalue weighted by Gasteiger charge is -2.36. The monoisotopic (exact) mass is 378 g/mol. The molecule has 4 heteroatoms. The molecule has 3 aliphatic carbocycles. The van der Waals surface area contributed by atoms with E-state index in [1.165, 1.54) is 0 Å². The van der Waals surface area contributed by atoms with Crippen LogP contribution in [0, 0.1) is 16.0 Å². The quantitative estimate of drug-likeness (QED) is 0.494. The number of hydrogen-bond donors (Lipinski definition) is 0. The highest BCUT2D eigenvalue weighted by Gasteiger charge is 2.39. The summed E-state index contributed by atoms with van der Waals surface area (Å²) in [5.74, 6) is 0.0126. The second-order valence-electron chi connectivity index (χ2n) is 7.08. The third-order valence-electron chi connectivity index (χ3n) is 5.39. The van der Waals surface area contributed by atoms with Gasteiger partial charge in [-0.2, -0.15) is 0 Å². The second-order valence-corrected chi connectivity index (χ2v) is 7.08. The van der Waals surface area contributed by atoms with Gasteiger partial charge in [0.1, 0.15) is 5.70 Å². The van der Waals surface area contributed by atoms with Crippen LogP contribution in [-0.4, -0.2) is 4.92 Å². The first-order valence-electron chi connectivity index (χ1n) is 9.51. The van der Waals surface area contributed by atoms with Gasteiger partial charge in [-0.25, -0.2) is 0 Å². The summed E-state index contributed by atoms with van der Waals surface area (Å²) in [5.41, 5.74) is 5.55. The molecule has 0 aromatic heterocycles. The van der Waals surface area contributed by atoms with E-state index in [9.17, 15) is 10.1 Å². The highest BCUT2D eigenvalue weighted by Crippen LogP contribution is 2.47. The molecule has 0 saturated carbocycles. The molecule has 0 spiro atoms. The lowest BCUT2D eigenvalue weighted by molar-refractivity contribution is -0.420. The summed E-state index contributed by atoms with van der Waals surface area (Å²) in [4.78, 5) is 13.9. The average molecular weight is 378 g/mol. The Bertz CT molecular complexity index is 1130. The minimum absolute atomic E-state index is 0.0126. The number of nitrogens with zero attached hydrogens (tertiary/aromatic N) is 2. The van der Waals surface area contributed by atoms with Crippen molar-refractivity contribution in [1.82, 2.24) is 0 Å². The number of anilines is 2. The van der Waals surface area contributed by atoms with Crippen molar-refractivity contribution in [2.75, 3.05) is 4.90 Å². The fraction of sp³-hybridized carbons (Fsp3) is 0.0400. The summed E-state index contributed by atoms with van der Waals surface area (Å²) in [6.07, 6.45) is 13.8. The van der Waals surface area contributed by atoms with Crippen molar-refractivity contribution in [2.24, 2.45) is 5.92 Å². The smallest absolute Gasteiger partial charge is 0.293 e. The molecule has 4 nitrogen and oxygen atoms in total. The number of nitro groups is 1. The molecule has 0 N–H and O–H groups in total. The number of allylic oxidation sites excluding steroid dienone is 10. The molecule has 0 amide bonds. The Kier molecular flexibility index (Phi) is 4.10. The van der Waals surface area contributed by atoms with E-state index in [-0.39, 0.29) is 16.5 Å². The summed E-state index contributed by atoms with van der Waals surface area (Å²) in [7, 11) is 0. The fourth-order valence-electron chi connectivity index (χ4n) is 4.19. The second kappa shape index (κ2) is 6.91. The van der Waals surface area contributed by atoms with Crippen LogP contribution in [0.15, 0.2) is 131 Å². The standard InChI is InChI=1S/C25H18N2O2/c28-27(29)23-17-19-11-7-9-18-10-8-16-22(24(18)19)25(23)26(20-12-3-1-4-13-20)21-14-5-2-6-15-21/h1-17,24H. The molecule has 0 fully saturated rings. The van der Waals surface area contributed by atoms with E-state index in [0.717, 1.165) is 28.1 Å². The summed E-state index contributed by atoms with van der Waals surface area (Å²) in [6, 6.07) is 19.6. The Balaban J connectivity index is 1.82. The predicted octanol–water partition coefficient (Wildman–Crippen LogP) is 5.86. The maximum atomic E-state index is 12.2. The summed E-state index contributed by atoms with van der Waals surface area (Å²) in [5, 5.41) is 12.2. The van der Waals surface area contributed by atoms with Crippen molar-refractivity contribution in [3.05, 3.63) is 141 Å². The van der Waals surface area contributed by atoms with Crippen LogP contribution < -0.4 is 4.90 Å². The molecule has 1 unspecified atom stereocenters. The molecule has 2 aromatic rings. The van der Waals surface area contributed by atoms with Gasteiger partial charge in [-0.1, -0.05) is 72.9 Å². The topological polar surface area (TPSA) is 46.4 Å². The molecule has 0 radical (unpaired) electrons. The van der Waals surface area contributed by atoms with Crippen molar-refractivity contribution >= 4 is 11.4 Å². The predicted molar refractivity (Wildman–Crippen MR) is 115 cm³/mol. The minimum Gasteiger partial charge on any atom is -0.304 e. The normalized spacial score (nSPS) is 19.2. The van der Waals surface area contributed by atoms with Gasteiger partial charge in [-0.05, 0) is 41.0 Å². The van der Waals surface area contributed by atoms with E-state index in [2.05, 4.69) is 12.2 Å². The maximum Gasteiger partial charge on any atom is 0.293 e. The van der Waals surface area contributed by atoms with Gasteiger partial charge in [0.25, 0.3) is 5.70 Å². The number of para-hydroxylation sites is 2. The van der Waals surface area contributed by atoms with E-state index < -0.39 is 0 Å².